The van der Waals surface area contributed by atoms with Gasteiger partial charge in [0, 0.05) is 24.9 Å². The van der Waals surface area contributed by atoms with Gasteiger partial charge in [-0.2, -0.15) is 5.10 Å². The predicted molar refractivity (Wildman–Crippen MR) is 97.4 cm³/mol. The molecule has 2 aliphatic rings. The number of amides is 1. The Morgan fingerprint density at radius 1 is 1.28 bits per heavy atom. The second-order valence-electron chi connectivity index (χ2n) is 7.23. The lowest BCUT2D eigenvalue weighted by Crippen LogP contribution is -2.55. The van der Waals surface area contributed by atoms with Crippen LogP contribution >= 0.6 is 0 Å². The van der Waals surface area contributed by atoms with Crippen LogP contribution in [0.4, 0.5) is 0 Å². The number of hydrogen-bond acceptors (Lipinski definition) is 3. The highest BCUT2D eigenvalue weighted by Gasteiger charge is 2.42. The van der Waals surface area contributed by atoms with E-state index in [4.69, 9.17) is 0 Å². The molecule has 5 nitrogen and oxygen atoms in total. The molecule has 2 heterocycles. The fraction of sp³-hybridized carbons (Fsp3) is 0.500. The van der Waals surface area contributed by atoms with Crippen molar-refractivity contribution in [1.82, 2.24) is 20.4 Å². The molecule has 0 saturated carbocycles. The third-order valence-corrected chi connectivity index (χ3v) is 5.80. The number of rotatable bonds is 4. The molecular weight excluding hydrogens is 312 g/mol. The van der Waals surface area contributed by atoms with E-state index in [1.54, 1.807) is 6.20 Å². The molecule has 2 aromatic rings. The van der Waals surface area contributed by atoms with Crippen molar-refractivity contribution in [2.75, 3.05) is 19.6 Å². The van der Waals surface area contributed by atoms with Crippen molar-refractivity contribution < 1.29 is 4.79 Å². The van der Waals surface area contributed by atoms with Gasteiger partial charge in [-0.25, -0.2) is 0 Å². The molecule has 1 fully saturated rings. The second kappa shape index (κ2) is 7.00. The van der Waals surface area contributed by atoms with E-state index in [2.05, 4.69) is 40.0 Å². The lowest BCUT2D eigenvalue weighted by atomic mass is 9.82. The molecule has 0 radical (unpaired) electrons. The Hall–Kier alpha value is -2.14. The van der Waals surface area contributed by atoms with Gasteiger partial charge in [-0.05, 0) is 62.4 Å². The molecule has 1 aliphatic carbocycles. The Morgan fingerprint density at radius 2 is 2.12 bits per heavy atom. The number of benzene rings is 1. The Bertz CT molecular complexity index is 719. The number of carbonyl (C=O) groups excluding carboxylic acids is 1. The van der Waals surface area contributed by atoms with Crippen LogP contribution in [0.3, 0.4) is 0 Å². The van der Waals surface area contributed by atoms with E-state index in [1.807, 2.05) is 16.9 Å². The monoisotopic (exact) mass is 338 g/mol. The quantitative estimate of drug-likeness (QED) is 0.898. The first-order chi connectivity index (χ1) is 12.3. The Balaban J connectivity index is 1.50. The number of aryl methyl sites for hydroxylation is 1. The summed E-state index contributed by atoms with van der Waals surface area (Å²) in [5, 5.41) is 11.0. The molecule has 0 bridgehead atoms. The van der Waals surface area contributed by atoms with Gasteiger partial charge in [0.05, 0.1) is 0 Å². The van der Waals surface area contributed by atoms with Gasteiger partial charge in [0.15, 0.2) is 0 Å². The normalized spacial score (nSPS) is 22.2. The van der Waals surface area contributed by atoms with E-state index in [1.165, 1.54) is 17.5 Å². The van der Waals surface area contributed by atoms with Crippen LogP contribution in [0.2, 0.25) is 0 Å². The molecule has 132 valence electrons. The average Bonchev–Trinajstić information content (AvgIpc) is 3.22. The molecule has 1 aromatic carbocycles. The van der Waals surface area contributed by atoms with E-state index >= 15 is 0 Å². The van der Waals surface area contributed by atoms with Gasteiger partial charge in [0.25, 0.3) is 0 Å². The Labute approximate surface area is 148 Å². The van der Waals surface area contributed by atoms with E-state index in [9.17, 15) is 4.79 Å². The highest BCUT2D eigenvalue weighted by molar-refractivity contribution is 5.84. The number of piperidine rings is 1. The summed E-state index contributed by atoms with van der Waals surface area (Å²) in [6, 6.07) is 10.6. The van der Waals surface area contributed by atoms with Gasteiger partial charge in [-0.3, -0.25) is 9.48 Å². The molecule has 1 amide bonds. The smallest absolute Gasteiger partial charge is 0.248 e. The third kappa shape index (κ3) is 3.09. The molecule has 1 atom stereocenters. The number of fused-ring (bicyclic) bond motifs is 1. The average molecular weight is 338 g/mol. The maximum atomic E-state index is 13.2. The minimum Gasteiger partial charge on any atom is -0.353 e. The number of hydrogen-bond donors (Lipinski definition) is 2. The zero-order chi connectivity index (χ0) is 17.1. The summed E-state index contributed by atoms with van der Waals surface area (Å²) in [6.45, 7) is 2.41. The first-order valence-corrected chi connectivity index (χ1v) is 9.36. The highest BCUT2D eigenvalue weighted by atomic mass is 16.2. The Morgan fingerprint density at radius 3 is 2.92 bits per heavy atom. The maximum Gasteiger partial charge on any atom is 0.248 e. The van der Waals surface area contributed by atoms with Gasteiger partial charge in [-0.1, -0.05) is 24.3 Å². The number of nitrogens with one attached hydrogen (secondary N) is 2. The van der Waals surface area contributed by atoms with Gasteiger partial charge < -0.3 is 10.6 Å². The largest absolute Gasteiger partial charge is 0.353 e. The summed E-state index contributed by atoms with van der Waals surface area (Å²) in [6.07, 6.45) is 8.74. The van der Waals surface area contributed by atoms with Crippen molar-refractivity contribution in [1.29, 1.82) is 0 Å². The molecular formula is C20H26N4O. The van der Waals surface area contributed by atoms with Crippen molar-refractivity contribution >= 4 is 5.91 Å². The van der Waals surface area contributed by atoms with E-state index in [-0.39, 0.29) is 5.91 Å². The van der Waals surface area contributed by atoms with Crippen LogP contribution in [0, 0.1) is 0 Å². The Kier molecular flexibility index (Phi) is 4.57. The van der Waals surface area contributed by atoms with Crippen LogP contribution in [0.15, 0.2) is 42.7 Å². The standard InChI is InChI=1S/C20H26N4O/c25-19(20(9-12-21-13-10-20)24-14-4-11-23-24)22-15-17-7-3-6-16-5-1-2-8-18(16)17/h1-2,4-5,8,11,14,17,21H,3,6-7,9-10,12-13,15H2,(H,22,25). The van der Waals surface area contributed by atoms with Gasteiger partial charge in [-0.15, -0.1) is 0 Å². The maximum absolute atomic E-state index is 13.2. The number of carbonyl (C=O) groups is 1. The molecule has 2 N–H and O–H groups in total. The van der Waals surface area contributed by atoms with Crippen LogP contribution in [-0.4, -0.2) is 35.3 Å². The molecule has 1 aliphatic heterocycles. The topological polar surface area (TPSA) is 59.0 Å². The molecule has 1 saturated heterocycles. The molecule has 4 rings (SSSR count). The van der Waals surface area contributed by atoms with Gasteiger partial charge in [0.1, 0.15) is 5.54 Å². The molecule has 1 unspecified atom stereocenters. The molecule has 5 heteroatoms. The summed E-state index contributed by atoms with van der Waals surface area (Å²) >= 11 is 0. The van der Waals surface area contributed by atoms with Crippen LogP contribution in [0.1, 0.15) is 42.7 Å². The van der Waals surface area contributed by atoms with Crippen LogP contribution in [0.25, 0.3) is 0 Å². The van der Waals surface area contributed by atoms with E-state index in [0.717, 1.165) is 38.8 Å². The molecule has 1 aromatic heterocycles. The highest BCUT2D eigenvalue weighted by Crippen LogP contribution is 2.32. The zero-order valence-electron chi connectivity index (χ0n) is 14.6. The minimum absolute atomic E-state index is 0.112. The van der Waals surface area contributed by atoms with Crippen molar-refractivity contribution in [3.8, 4) is 0 Å². The first kappa shape index (κ1) is 16.3. The van der Waals surface area contributed by atoms with Crippen molar-refractivity contribution in [2.45, 2.75) is 43.6 Å². The van der Waals surface area contributed by atoms with Crippen LogP contribution in [-0.2, 0) is 16.8 Å². The minimum atomic E-state index is -0.553. The molecule has 0 spiro atoms. The summed E-state index contributed by atoms with van der Waals surface area (Å²) in [4.78, 5) is 13.2. The summed E-state index contributed by atoms with van der Waals surface area (Å²) in [5.41, 5.74) is 2.30. The van der Waals surface area contributed by atoms with Crippen molar-refractivity contribution in [2.24, 2.45) is 0 Å². The van der Waals surface area contributed by atoms with Gasteiger partial charge >= 0.3 is 0 Å². The summed E-state index contributed by atoms with van der Waals surface area (Å²) in [5.74, 6) is 0.533. The fourth-order valence-electron chi connectivity index (χ4n) is 4.37. The van der Waals surface area contributed by atoms with Crippen molar-refractivity contribution in [3.63, 3.8) is 0 Å². The summed E-state index contributed by atoms with van der Waals surface area (Å²) in [7, 11) is 0. The first-order valence-electron chi connectivity index (χ1n) is 9.36. The second-order valence-corrected chi connectivity index (χ2v) is 7.23. The number of aromatic nitrogens is 2. The molecule has 25 heavy (non-hydrogen) atoms. The summed E-state index contributed by atoms with van der Waals surface area (Å²) < 4.78 is 1.86. The SMILES string of the molecule is O=C(NCC1CCCc2ccccc21)C1(n2cccn2)CCNCC1. The predicted octanol–water partition coefficient (Wildman–Crippen LogP) is 2.20. The third-order valence-electron chi connectivity index (χ3n) is 5.80. The zero-order valence-corrected chi connectivity index (χ0v) is 14.6. The van der Waals surface area contributed by atoms with E-state index in [0.29, 0.717) is 12.5 Å². The number of nitrogens with zero attached hydrogens (tertiary/aromatic N) is 2. The van der Waals surface area contributed by atoms with Crippen molar-refractivity contribution in [3.05, 3.63) is 53.9 Å². The lowest BCUT2D eigenvalue weighted by Gasteiger charge is -2.37. The lowest BCUT2D eigenvalue weighted by molar-refractivity contribution is -0.132. The van der Waals surface area contributed by atoms with Gasteiger partial charge in [0.2, 0.25) is 5.91 Å². The fourth-order valence-corrected chi connectivity index (χ4v) is 4.37. The van der Waals surface area contributed by atoms with E-state index < -0.39 is 5.54 Å². The van der Waals surface area contributed by atoms with Crippen LogP contribution < -0.4 is 10.6 Å². The van der Waals surface area contributed by atoms with Crippen LogP contribution in [0.5, 0.6) is 0 Å².